The third kappa shape index (κ3) is 3.68. The van der Waals surface area contributed by atoms with Gasteiger partial charge in [0.25, 0.3) is 5.91 Å². The first-order valence-electron chi connectivity index (χ1n) is 10.1. The van der Waals surface area contributed by atoms with E-state index >= 15 is 0 Å². The van der Waals surface area contributed by atoms with Crippen molar-refractivity contribution in [3.8, 4) is 5.75 Å². The minimum Gasteiger partial charge on any atom is -0.495 e. The van der Waals surface area contributed by atoms with E-state index in [1.54, 1.807) is 23.1 Å². The normalized spacial score (nSPS) is 24.2. The van der Waals surface area contributed by atoms with Crippen LogP contribution in [-0.4, -0.2) is 71.7 Å². The Morgan fingerprint density at radius 2 is 2.13 bits per heavy atom. The first-order chi connectivity index (χ1) is 15.0. The number of hydrogen-bond donors (Lipinski definition) is 1. The number of hydrogen-bond acceptors (Lipinski definition) is 7. The van der Waals surface area contributed by atoms with Crippen molar-refractivity contribution < 1.29 is 19.4 Å². The van der Waals surface area contributed by atoms with Crippen LogP contribution in [0.5, 0.6) is 5.75 Å². The van der Waals surface area contributed by atoms with Gasteiger partial charge in [0.15, 0.2) is 5.01 Å². The number of methoxy groups -OCH3 is 1. The summed E-state index contributed by atoms with van der Waals surface area (Å²) >= 11 is 7.80. The van der Waals surface area contributed by atoms with Gasteiger partial charge in [0.2, 0.25) is 5.79 Å². The van der Waals surface area contributed by atoms with Gasteiger partial charge in [-0.05, 0) is 24.3 Å². The van der Waals surface area contributed by atoms with Crippen LogP contribution in [0.3, 0.4) is 0 Å². The number of fused-ring (bicyclic) bond motifs is 2. The van der Waals surface area contributed by atoms with E-state index in [0.717, 1.165) is 10.2 Å². The van der Waals surface area contributed by atoms with Crippen LogP contribution in [0.1, 0.15) is 15.4 Å². The topological polar surface area (TPSA) is 75.1 Å². The van der Waals surface area contributed by atoms with Crippen molar-refractivity contribution in [3.05, 3.63) is 58.1 Å². The summed E-state index contributed by atoms with van der Waals surface area (Å²) in [6.45, 7) is 2.30. The van der Waals surface area contributed by atoms with Crippen LogP contribution in [0.15, 0.2) is 42.5 Å². The maximum absolute atomic E-state index is 13.1. The maximum atomic E-state index is 13.1. The highest BCUT2D eigenvalue weighted by Gasteiger charge is 2.45. The van der Waals surface area contributed by atoms with Gasteiger partial charge in [-0.3, -0.25) is 9.69 Å². The van der Waals surface area contributed by atoms with E-state index in [1.807, 2.05) is 24.3 Å². The van der Waals surface area contributed by atoms with E-state index in [-0.39, 0.29) is 11.9 Å². The second-order valence-corrected chi connectivity index (χ2v) is 9.19. The molecule has 2 aromatic carbocycles. The zero-order valence-electron chi connectivity index (χ0n) is 17.0. The Morgan fingerprint density at radius 3 is 2.94 bits per heavy atom. The average Bonchev–Trinajstić information content (AvgIpc) is 3.24. The second kappa shape index (κ2) is 8.03. The van der Waals surface area contributed by atoms with Crippen LogP contribution < -0.4 is 4.74 Å². The summed E-state index contributed by atoms with van der Waals surface area (Å²) in [4.78, 5) is 21.6. The number of aliphatic hydroxyl groups is 1. The molecule has 2 unspecified atom stereocenters. The molecule has 2 aliphatic heterocycles. The Bertz CT molecular complexity index is 1110. The molecule has 31 heavy (non-hydrogen) atoms. The number of morpholine rings is 1. The fraction of sp³-hybridized carbons (Fsp3) is 0.364. The number of halogens is 1. The van der Waals surface area contributed by atoms with Crippen molar-refractivity contribution in [2.75, 3.05) is 39.9 Å². The predicted molar refractivity (Wildman–Crippen MR) is 119 cm³/mol. The third-order valence-electron chi connectivity index (χ3n) is 5.87. The highest BCUT2D eigenvalue weighted by Crippen LogP contribution is 2.36. The fourth-order valence-electron chi connectivity index (χ4n) is 4.17. The van der Waals surface area contributed by atoms with E-state index in [9.17, 15) is 9.90 Å². The summed E-state index contributed by atoms with van der Waals surface area (Å²) in [5.74, 6) is -1.09. The van der Waals surface area contributed by atoms with E-state index in [2.05, 4.69) is 9.88 Å². The average molecular weight is 460 g/mol. The minimum absolute atomic E-state index is 0.00302. The molecular formula is C22H22ClN3O4S. The molecule has 3 aromatic rings. The van der Waals surface area contributed by atoms with E-state index in [4.69, 9.17) is 21.1 Å². The molecule has 0 bridgehead atoms. The number of ether oxygens (including phenoxy) is 2. The molecule has 0 spiro atoms. The molecule has 2 fully saturated rings. The van der Waals surface area contributed by atoms with Crippen molar-refractivity contribution in [2.45, 2.75) is 11.8 Å². The number of nitrogens with zero attached hydrogens (tertiary/aromatic N) is 3. The molecule has 0 aliphatic carbocycles. The number of amides is 1. The van der Waals surface area contributed by atoms with Gasteiger partial charge in [-0.1, -0.05) is 29.8 Å². The van der Waals surface area contributed by atoms with Crippen LogP contribution >= 0.6 is 22.9 Å². The van der Waals surface area contributed by atoms with Gasteiger partial charge in [-0.15, -0.1) is 11.3 Å². The van der Waals surface area contributed by atoms with Crippen LogP contribution in [-0.2, 0) is 10.5 Å². The molecule has 2 atom stereocenters. The largest absolute Gasteiger partial charge is 0.495 e. The number of benzene rings is 2. The molecule has 1 aromatic heterocycles. The lowest BCUT2D eigenvalue weighted by Gasteiger charge is -2.48. The maximum Gasteiger partial charge on any atom is 0.255 e. The molecular weight excluding hydrogens is 438 g/mol. The number of rotatable bonds is 3. The Labute approximate surface area is 188 Å². The zero-order valence-corrected chi connectivity index (χ0v) is 18.5. The molecule has 2 saturated heterocycles. The van der Waals surface area contributed by atoms with E-state index in [1.165, 1.54) is 18.4 Å². The van der Waals surface area contributed by atoms with Gasteiger partial charge in [-0.25, -0.2) is 4.98 Å². The number of thiazole rings is 1. The Morgan fingerprint density at radius 1 is 1.29 bits per heavy atom. The summed E-state index contributed by atoms with van der Waals surface area (Å²) in [7, 11) is 1.53. The summed E-state index contributed by atoms with van der Waals surface area (Å²) in [5.41, 5.74) is 1.28. The smallest absolute Gasteiger partial charge is 0.255 e. The molecule has 9 heteroatoms. The Kier molecular flexibility index (Phi) is 5.35. The minimum atomic E-state index is -1.44. The molecule has 5 rings (SSSR count). The summed E-state index contributed by atoms with van der Waals surface area (Å²) in [6, 6.07) is 13.0. The highest BCUT2D eigenvalue weighted by molar-refractivity contribution is 7.18. The van der Waals surface area contributed by atoms with Crippen molar-refractivity contribution >= 4 is 39.1 Å². The van der Waals surface area contributed by atoms with Gasteiger partial charge < -0.3 is 19.5 Å². The van der Waals surface area contributed by atoms with Gasteiger partial charge in [0.05, 0.1) is 47.1 Å². The lowest BCUT2D eigenvalue weighted by molar-refractivity contribution is -0.265. The highest BCUT2D eigenvalue weighted by atomic mass is 35.5. The standard InChI is InChI=1S/C22H22ClN3O4S/c1-29-17-7-4-5-15(19(17)23)20(27)25-9-10-26-13-22(28,30-12-14(26)11-25)21-24-16-6-2-3-8-18(16)31-21/h2-8,14,28H,9-13H2,1H3. The lowest BCUT2D eigenvalue weighted by atomic mass is 10.1. The monoisotopic (exact) mass is 459 g/mol. The summed E-state index contributed by atoms with van der Waals surface area (Å²) in [6.07, 6.45) is 0. The van der Waals surface area contributed by atoms with Crippen molar-refractivity contribution in [1.29, 1.82) is 0 Å². The predicted octanol–water partition coefficient (Wildman–Crippen LogP) is 2.96. The van der Waals surface area contributed by atoms with E-state index < -0.39 is 5.79 Å². The van der Waals surface area contributed by atoms with E-state index in [0.29, 0.717) is 54.1 Å². The molecule has 7 nitrogen and oxygen atoms in total. The van der Waals surface area contributed by atoms with Crippen molar-refractivity contribution in [3.63, 3.8) is 0 Å². The number of carbonyl (C=O) groups is 1. The summed E-state index contributed by atoms with van der Waals surface area (Å²) in [5, 5.41) is 12.1. The van der Waals surface area contributed by atoms with Crippen LogP contribution in [0.2, 0.25) is 5.02 Å². The molecule has 3 heterocycles. The molecule has 0 saturated carbocycles. The van der Waals surface area contributed by atoms with Crippen LogP contribution in [0, 0.1) is 0 Å². The van der Waals surface area contributed by atoms with Crippen molar-refractivity contribution in [1.82, 2.24) is 14.8 Å². The fourth-order valence-corrected chi connectivity index (χ4v) is 5.46. The number of carbonyl (C=O) groups excluding carboxylic acids is 1. The van der Waals surface area contributed by atoms with Crippen LogP contribution in [0.4, 0.5) is 0 Å². The number of para-hydroxylation sites is 1. The SMILES string of the molecule is COc1cccc(C(=O)N2CCN3CC(O)(c4nc5ccccc5s4)OCC3C2)c1Cl. The van der Waals surface area contributed by atoms with Crippen LogP contribution in [0.25, 0.3) is 10.2 Å². The first-order valence-corrected chi connectivity index (χ1v) is 11.3. The molecule has 1 N–H and O–H groups in total. The first kappa shape index (κ1) is 20.7. The van der Waals surface area contributed by atoms with Gasteiger partial charge in [0.1, 0.15) is 5.75 Å². The lowest BCUT2D eigenvalue weighted by Crippen LogP contribution is -2.63. The second-order valence-electron chi connectivity index (χ2n) is 7.78. The molecule has 0 radical (unpaired) electrons. The molecule has 2 aliphatic rings. The van der Waals surface area contributed by atoms with Gasteiger partial charge >= 0.3 is 0 Å². The Balaban J connectivity index is 1.31. The van der Waals surface area contributed by atoms with Gasteiger partial charge in [-0.2, -0.15) is 0 Å². The number of aromatic nitrogens is 1. The quantitative estimate of drug-likeness (QED) is 0.649. The van der Waals surface area contributed by atoms with Crippen molar-refractivity contribution in [2.24, 2.45) is 0 Å². The third-order valence-corrected chi connectivity index (χ3v) is 7.42. The molecule has 162 valence electrons. The number of piperazine rings is 1. The van der Waals surface area contributed by atoms with Gasteiger partial charge in [0, 0.05) is 19.6 Å². The Hall–Kier alpha value is -2.23. The zero-order chi connectivity index (χ0) is 21.6. The summed E-state index contributed by atoms with van der Waals surface area (Å²) < 4.78 is 12.2. The molecule has 1 amide bonds.